The Kier molecular flexibility index (Phi) is 8.29. The van der Waals surface area contributed by atoms with E-state index in [1.54, 1.807) is 61.7 Å². The number of hydrogen-bond donors (Lipinski definition) is 1. The van der Waals surface area contributed by atoms with Gasteiger partial charge >= 0.3 is 11.9 Å². The lowest BCUT2D eigenvalue weighted by Crippen LogP contribution is -2.29. The van der Waals surface area contributed by atoms with Gasteiger partial charge in [0.05, 0.1) is 36.7 Å². The van der Waals surface area contributed by atoms with E-state index in [1.165, 1.54) is 12.0 Å². The molecule has 1 fully saturated rings. The number of esters is 1. The van der Waals surface area contributed by atoms with Gasteiger partial charge in [0, 0.05) is 6.20 Å². The van der Waals surface area contributed by atoms with Gasteiger partial charge in [0.15, 0.2) is 22.4 Å². The van der Waals surface area contributed by atoms with Crippen LogP contribution < -0.4 is 14.4 Å². The van der Waals surface area contributed by atoms with Gasteiger partial charge in [0.2, 0.25) is 0 Å². The number of nitrogens with zero attached hydrogens (tertiary/aromatic N) is 4. The SMILES string of the molecule is CCOC(=O)c1sc(N2C(=O)C(=O)C(=C(O)c3c(C)nc4ccccn34)C2c2ccc(OCc3ccccc3)c(OC)c2)nc1C. The predicted octanol–water partition coefficient (Wildman–Crippen LogP) is 5.80. The Morgan fingerprint density at radius 2 is 1.74 bits per heavy atom. The Hall–Kier alpha value is -5.49. The summed E-state index contributed by atoms with van der Waals surface area (Å²) < 4.78 is 18.6. The van der Waals surface area contributed by atoms with Crippen molar-refractivity contribution in [2.75, 3.05) is 18.6 Å². The monoisotopic (exact) mass is 638 g/mol. The van der Waals surface area contributed by atoms with Crippen molar-refractivity contribution in [3.05, 3.63) is 112 Å². The molecule has 6 rings (SSSR count). The Bertz CT molecular complexity index is 2010. The number of carbonyl (C=O) groups excluding carboxylic acids is 3. The molecule has 4 heterocycles. The number of benzene rings is 2. The summed E-state index contributed by atoms with van der Waals surface area (Å²) in [5.74, 6) is -2.01. The summed E-state index contributed by atoms with van der Waals surface area (Å²) in [7, 11) is 1.49. The molecule has 0 spiro atoms. The molecule has 12 heteroatoms. The molecule has 234 valence electrons. The number of imidazole rings is 1. The number of rotatable bonds is 9. The third-order valence-corrected chi connectivity index (χ3v) is 8.70. The minimum absolute atomic E-state index is 0.102. The molecule has 1 amide bonds. The number of fused-ring (bicyclic) bond motifs is 1. The number of methoxy groups -OCH3 is 1. The first-order chi connectivity index (χ1) is 22.2. The molecule has 1 aliphatic heterocycles. The van der Waals surface area contributed by atoms with Crippen LogP contribution in [0.1, 0.15) is 50.8 Å². The number of ether oxygens (including phenoxy) is 3. The average molecular weight is 639 g/mol. The summed E-state index contributed by atoms with van der Waals surface area (Å²) in [6.07, 6.45) is 1.72. The van der Waals surface area contributed by atoms with Gasteiger partial charge in [-0.15, -0.1) is 0 Å². The molecular formula is C34H30N4O7S. The Labute approximate surface area is 268 Å². The summed E-state index contributed by atoms with van der Waals surface area (Å²) in [5, 5.41) is 12.0. The molecule has 1 N–H and O–H groups in total. The summed E-state index contributed by atoms with van der Waals surface area (Å²) in [6.45, 7) is 5.48. The highest BCUT2D eigenvalue weighted by Crippen LogP contribution is 2.46. The number of aliphatic hydroxyl groups excluding tert-OH is 1. The number of ketones is 1. The quantitative estimate of drug-likeness (QED) is 0.0921. The lowest BCUT2D eigenvalue weighted by molar-refractivity contribution is -0.132. The minimum Gasteiger partial charge on any atom is -0.505 e. The number of amides is 1. The number of anilines is 1. The molecular weight excluding hydrogens is 608 g/mol. The van der Waals surface area contributed by atoms with Crippen LogP contribution in [0.25, 0.3) is 11.4 Å². The van der Waals surface area contributed by atoms with E-state index in [4.69, 9.17) is 14.2 Å². The first kappa shape index (κ1) is 30.5. The Balaban J connectivity index is 1.51. The number of thiazole rings is 1. The van der Waals surface area contributed by atoms with Crippen LogP contribution in [0.5, 0.6) is 11.5 Å². The van der Waals surface area contributed by atoms with Crippen LogP contribution in [0.4, 0.5) is 5.13 Å². The largest absolute Gasteiger partial charge is 0.505 e. The highest BCUT2D eigenvalue weighted by molar-refractivity contribution is 7.17. The molecule has 1 saturated heterocycles. The average Bonchev–Trinajstić information content (AvgIpc) is 3.70. The van der Waals surface area contributed by atoms with Gasteiger partial charge in [0.25, 0.3) is 5.78 Å². The van der Waals surface area contributed by atoms with Crippen LogP contribution in [0, 0.1) is 13.8 Å². The second kappa shape index (κ2) is 12.5. The maximum Gasteiger partial charge on any atom is 0.350 e. The lowest BCUT2D eigenvalue weighted by atomic mass is 9.96. The highest BCUT2D eigenvalue weighted by atomic mass is 32.1. The molecule has 0 bridgehead atoms. The zero-order valence-electron chi connectivity index (χ0n) is 25.5. The fourth-order valence-corrected chi connectivity index (χ4v) is 6.44. The van der Waals surface area contributed by atoms with E-state index in [2.05, 4.69) is 9.97 Å². The number of aliphatic hydroxyl groups is 1. The first-order valence-electron chi connectivity index (χ1n) is 14.5. The Morgan fingerprint density at radius 3 is 2.48 bits per heavy atom. The molecule has 5 aromatic rings. The Morgan fingerprint density at radius 1 is 0.978 bits per heavy atom. The van der Waals surface area contributed by atoms with Crippen molar-refractivity contribution in [2.45, 2.75) is 33.4 Å². The number of aryl methyl sites for hydroxylation is 2. The standard InChI is InChI=1S/C34H30N4O7S/c1-5-44-33(42)31-20(3)36-34(46-31)38-28(22-14-15-23(24(17-22)43-4)45-18-21-11-7-6-8-12-21)26(30(40)32(38)41)29(39)27-19(2)35-25-13-9-10-16-37(25)27/h6-17,28,39H,5,18H2,1-4H3. The molecule has 11 nitrogen and oxygen atoms in total. The molecule has 2 aromatic carbocycles. The van der Waals surface area contributed by atoms with Gasteiger partial charge in [-0.1, -0.05) is 53.8 Å². The van der Waals surface area contributed by atoms with Crippen molar-refractivity contribution in [3.8, 4) is 11.5 Å². The van der Waals surface area contributed by atoms with E-state index >= 15 is 0 Å². The van der Waals surface area contributed by atoms with E-state index in [0.717, 1.165) is 16.9 Å². The van der Waals surface area contributed by atoms with Gasteiger partial charge < -0.3 is 19.3 Å². The minimum atomic E-state index is -1.13. The maximum atomic E-state index is 13.9. The van der Waals surface area contributed by atoms with Gasteiger partial charge in [-0.25, -0.2) is 14.8 Å². The maximum absolute atomic E-state index is 13.9. The fraction of sp³-hybridized carbons (Fsp3) is 0.206. The van der Waals surface area contributed by atoms with Crippen LogP contribution in [-0.4, -0.2) is 50.9 Å². The first-order valence-corrected chi connectivity index (χ1v) is 15.3. The van der Waals surface area contributed by atoms with E-state index < -0.39 is 29.5 Å². The van der Waals surface area contributed by atoms with Crippen molar-refractivity contribution in [1.82, 2.24) is 14.4 Å². The smallest absolute Gasteiger partial charge is 0.350 e. The molecule has 0 aliphatic carbocycles. The molecule has 0 radical (unpaired) electrons. The zero-order valence-corrected chi connectivity index (χ0v) is 26.3. The van der Waals surface area contributed by atoms with E-state index in [-0.39, 0.29) is 34.5 Å². The number of Topliss-reactive ketones (excluding diaryl/α,β-unsaturated/α-hetero) is 1. The predicted molar refractivity (Wildman–Crippen MR) is 171 cm³/mol. The molecule has 0 saturated carbocycles. The van der Waals surface area contributed by atoms with E-state index in [0.29, 0.717) is 34.1 Å². The fourth-order valence-electron chi connectivity index (χ4n) is 5.45. The topological polar surface area (TPSA) is 133 Å². The number of hydrogen-bond acceptors (Lipinski definition) is 10. The van der Waals surface area contributed by atoms with Gasteiger partial charge in [-0.05, 0) is 56.2 Å². The van der Waals surface area contributed by atoms with Crippen molar-refractivity contribution in [2.24, 2.45) is 0 Å². The van der Waals surface area contributed by atoms with Crippen LogP contribution in [0.2, 0.25) is 0 Å². The highest BCUT2D eigenvalue weighted by Gasteiger charge is 2.49. The van der Waals surface area contributed by atoms with Crippen molar-refractivity contribution < 1.29 is 33.7 Å². The van der Waals surface area contributed by atoms with Gasteiger partial charge in [0.1, 0.15) is 22.8 Å². The second-order valence-corrected chi connectivity index (χ2v) is 11.4. The molecule has 1 atom stereocenters. The van der Waals surface area contributed by atoms with E-state index in [1.807, 2.05) is 36.4 Å². The van der Waals surface area contributed by atoms with Crippen molar-refractivity contribution in [1.29, 1.82) is 0 Å². The van der Waals surface area contributed by atoms with Gasteiger partial charge in [-0.2, -0.15) is 0 Å². The molecule has 3 aromatic heterocycles. The molecule has 1 unspecified atom stereocenters. The third-order valence-electron chi connectivity index (χ3n) is 7.57. The zero-order chi connectivity index (χ0) is 32.5. The molecule has 1 aliphatic rings. The number of pyridine rings is 1. The van der Waals surface area contributed by atoms with Crippen LogP contribution in [-0.2, 0) is 20.9 Å². The summed E-state index contributed by atoms with van der Waals surface area (Å²) in [6, 6.07) is 18.9. The van der Waals surface area contributed by atoms with Crippen LogP contribution in [0.3, 0.4) is 0 Å². The summed E-state index contributed by atoms with van der Waals surface area (Å²) >= 11 is 0.934. The van der Waals surface area contributed by atoms with E-state index in [9.17, 15) is 19.5 Å². The summed E-state index contributed by atoms with van der Waals surface area (Å²) in [5.41, 5.74) is 2.89. The normalized spacial score (nSPS) is 15.8. The van der Waals surface area contributed by atoms with Crippen LogP contribution in [0.15, 0.2) is 78.5 Å². The van der Waals surface area contributed by atoms with Crippen molar-refractivity contribution >= 4 is 45.5 Å². The summed E-state index contributed by atoms with van der Waals surface area (Å²) in [4.78, 5) is 50.8. The second-order valence-electron chi connectivity index (χ2n) is 10.5. The molecule has 46 heavy (non-hydrogen) atoms. The van der Waals surface area contributed by atoms with Crippen molar-refractivity contribution in [3.63, 3.8) is 0 Å². The van der Waals surface area contributed by atoms with Gasteiger partial charge in [-0.3, -0.25) is 18.9 Å². The van der Waals surface area contributed by atoms with Crippen LogP contribution >= 0.6 is 11.3 Å². The lowest BCUT2D eigenvalue weighted by Gasteiger charge is -2.24. The number of carbonyl (C=O) groups is 3. The third kappa shape index (κ3) is 5.36. The number of aromatic nitrogens is 3.